The van der Waals surface area contributed by atoms with Crippen LogP contribution in [-0.2, 0) is 21.6 Å². The highest BCUT2D eigenvalue weighted by Crippen LogP contribution is 2.41. The maximum absolute atomic E-state index is 13.3. The average molecular weight is 411 g/mol. The Morgan fingerprint density at radius 3 is 2.70 bits per heavy atom. The molecule has 30 heavy (non-hydrogen) atoms. The first-order valence-electron chi connectivity index (χ1n) is 9.76. The number of hydrogen-bond acceptors (Lipinski definition) is 5. The molecular formula is C22H25N3O5. The molecule has 0 spiro atoms. The Balaban J connectivity index is 1.97. The summed E-state index contributed by atoms with van der Waals surface area (Å²) in [7, 11) is 0. The third-order valence-corrected chi connectivity index (χ3v) is 5.56. The lowest BCUT2D eigenvalue weighted by molar-refractivity contribution is -0.141. The predicted molar refractivity (Wildman–Crippen MR) is 112 cm³/mol. The zero-order valence-corrected chi connectivity index (χ0v) is 17.1. The Hall–Kier alpha value is -3.42. The number of ether oxygens (including phenoxy) is 1. The number of aliphatic carboxylic acids is 1. The number of fused-ring (bicyclic) bond motifs is 1. The quantitative estimate of drug-likeness (QED) is 0.702. The number of nitrogens with zero attached hydrogens (tertiary/aromatic N) is 3. The van der Waals surface area contributed by atoms with Gasteiger partial charge < -0.3 is 9.84 Å². The van der Waals surface area contributed by atoms with Gasteiger partial charge in [-0.3, -0.25) is 14.3 Å². The van der Waals surface area contributed by atoms with Crippen molar-refractivity contribution in [3.63, 3.8) is 0 Å². The topological polar surface area (TPSA) is 102 Å². The van der Waals surface area contributed by atoms with Gasteiger partial charge in [-0.25, -0.2) is 14.6 Å². The number of anilines is 1. The molecule has 1 aromatic heterocycles. The highest BCUT2D eigenvalue weighted by Gasteiger charge is 2.45. The lowest BCUT2D eigenvalue weighted by atomic mass is 9.84. The zero-order valence-electron chi connectivity index (χ0n) is 17.1. The summed E-state index contributed by atoms with van der Waals surface area (Å²) < 4.78 is 6.55. The number of carbonyl (C=O) groups is 2. The molecule has 2 aromatic rings. The number of carbonyl (C=O) groups excluding carboxylic acids is 1. The van der Waals surface area contributed by atoms with Crippen LogP contribution in [-0.4, -0.2) is 33.3 Å². The van der Waals surface area contributed by atoms with Gasteiger partial charge in [-0.05, 0) is 18.4 Å². The van der Waals surface area contributed by atoms with Crippen molar-refractivity contribution in [2.24, 2.45) is 0 Å². The number of hydrogen-bond donors (Lipinski definition) is 1. The van der Waals surface area contributed by atoms with Crippen molar-refractivity contribution in [3.8, 4) is 0 Å². The maximum atomic E-state index is 13.3. The minimum absolute atomic E-state index is 0.0205. The molecule has 8 heteroatoms. The van der Waals surface area contributed by atoms with Crippen LogP contribution in [0.2, 0.25) is 0 Å². The van der Waals surface area contributed by atoms with Gasteiger partial charge in [-0.15, -0.1) is 6.58 Å². The Bertz CT molecular complexity index is 1020. The fourth-order valence-corrected chi connectivity index (χ4v) is 3.69. The van der Waals surface area contributed by atoms with Gasteiger partial charge in [0.15, 0.2) is 0 Å². The van der Waals surface area contributed by atoms with Gasteiger partial charge in [0, 0.05) is 12.0 Å². The van der Waals surface area contributed by atoms with Crippen LogP contribution in [0.25, 0.3) is 0 Å². The van der Waals surface area contributed by atoms with E-state index in [1.54, 1.807) is 0 Å². The summed E-state index contributed by atoms with van der Waals surface area (Å²) in [6.45, 7) is 7.52. The molecule has 2 heterocycles. The molecule has 158 valence electrons. The van der Waals surface area contributed by atoms with Gasteiger partial charge in [0.05, 0.1) is 6.20 Å². The molecule has 0 radical (unpaired) electrons. The standard InChI is InChI=1S/C22H25N3O5/c1-4-11-24(21(29)30-14-15-9-7-6-8-10-15)17-13-23-20-22(3,5-2)12-16(19(27)28)25(20)18(17)26/h4,6-10,13,16H,1,5,11-12,14H2,2-3H3,(H,27,28)/t16-,22+/m0/s1. The SMILES string of the molecule is C=CCN(C(=O)OCc1ccccc1)c1cnc2n(c1=O)[C@H](C(=O)O)C[C@@]2(C)CC. The lowest BCUT2D eigenvalue weighted by Gasteiger charge is -2.23. The second-order valence-corrected chi connectivity index (χ2v) is 7.55. The largest absolute Gasteiger partial charge is 0.480 e. The first-order chi connectivity index (χ1) is 14.3. The molecule has 1 aliphatic rings. The van der Waals surface area contributed by atoms with Crippen molar-refractivity contribution in [2.45, 2.75) is 44.8 Å². The van der Waals surface area contributed by atoms with Crippen LogP contribution in [0.5, 0.6) is 0 Å². The zero-order chi connectivity index (χ0) is 21.9. The maximum Gasteiger partial charge on any atom is 0.415 e. The summed E-state index contributed by atoms with van der Waals surface area (Å²) in [4.78, 5) is 43.3. The molecule has 1 aliphatic heterocycles. The number of carboxylic acid groups (broad SMARTS) is 1. The van der Waals surface area contributed by atoms with Crippen molar-refractivity contribution >= 4 is 17.7 Å². The van der Waals surface area contributed by atoms with E-state index in [0.29, 0.717) is 12.2 Å². The van der Waals surface area contributed by atoms with Crippen molar-refractivity contribution in [1.29, 1.82) is 0 Å². The van der Waals surface area contributed by atoms with Crippen LogP contribution in [0.1, 0.15) is 44.1 Å². The molecule has 1 aromatic carbocycles. The molecule has 0 saturated heterocycles. The highest BCUT2D eigenvalue weighted by molar-refractivity contribution is 5.87. The van der Waals surface area contributed by atoms with E-state index >= 15 is 0 Å². The minimum atomic E-state index is -1.10. The normalized spacial score (nSPS) is 19.7. The molecular weight excluding hydrogens is 386 g/mol. The molecule has 0 unspecified atom stereocenters. The van der Waals surface area contributed by atoms with E-state index in [4.69, 9.17) is 4.74 Å². The molecule has 3 rings (SSSR count). The summed E-state index contributed by atoms with van der Waals surface area (Å²) in [6.07, 6.45) is 2.95. The average Bonchev–Trinajstić information content (AvgIpc) is 3.06. The molecule has 0 bridgehead atoms. The summed E-state index contributed by atoms with van der Waals surface area (Å²) in [5.41, 5.74) is -0.345. The second-order valence-electron chi connectivity index (χ2n) is 7.55. The van der Waals surface area contributed by atoms with E-state index in [0.717, 1.165) is 10.5 Å². The van der Waals surface area contributed by atoms with Crippen LogP contribution >= 0.6 is 0 Å². The van der Waals surface area contributed by atoms with Gasteiger partial charge in [0.1, 0.15) is 24.2 Å². The molecule has 0 fully saturated rings. The van der Waals surface area contributed by atoms with E-state index < -0.39 is 29.1 Å². The van der Waals surface area contributed by atoms with Crippen LogP contribution in [0.15, 0.2) is 54.0 Å². The lowest BCUT2D eigenvalue weighted by Crippen LogP contribution is -2.39. The summed E-state index contributed by atoms with van der Waals surface area (Å²) >= 11 is 0. The van der Waals surface area contributed by atoms with Crippen molar-refractivity contribution in [1.82, 2.24) is 9.55 Å². The number of benzene rings is 1. The van der Waals surface area contributed by atoms with E-state index in [2.05, 4.69) is 11.6 Å². The molecule has 1 N–H and O–H groups in total. The number of amides is 1. The Labute approximate surface area is 174 Å². The smallest absolute Gasteiger partial charge is 0.415 e. The summed E-state index contributed by atoms with van der Waals surface area (Å²) in [6, 6.07) is 8.13. The predicted octanol–water partition coefficient (Wildman–Crippen LogP) is 3.27. The van der Waals surface area contributed by atoms with Gasteiger partial charge in [0.25, 0.3) is 5.56 Å². The van der Waals surface area contributed by atoms with Gasteiger partial charge in [-0.2, -0.15) is 0 Å². The Morgan fingerprint density at radius 1 is 1.40 bits per heavy atom. The van der Waals surface area contributed by atoms with Gasteiger partial charge in [-0.1, -0.05) is 50.3 Å². The minimum Gasteiger partial charge on any atom is -0.480 e. The van der Waals surface area contributed by atoms with Gasteiger partial charge in [0.2, 0.25) is 0 Å². The Morgan fingerprint density at radius 2 is 2.10 bits per heavy atom. The van der Waals surface area contributed by atoms with Crippen LogP contribution in [0.3, 0.4) is 0 Å². The molecule has 8 nitrogen and oxygen atoms in total. The first-order valence-corrected chi connectivity index (χ1v) is 9.76. The van der Waals surface area contributed by atoms with E-state index in [9.17, 15) is 19.5 Å². The van der Waals surface area contributed by atoms with Crippen molar-refractivity contribution < 1.29 is 19.4 Å². The summed E-state index contributed by atoms with van der Waals surface area (Å²) in [5, 5.41) is 9.66. The Kier molecular flexibility index (Phi) is 6.05. The van der Waals surface area contributed by atoms with E-state index in [1.165, 1.54) is 16.8 Å². The number of rotatable bonds is 7. The molecule has 1 amide bonds. The fourth-order valence-electron chi connectivity index (χ4n) is 3.69. The van der Waals surface area contributed by atoms with Crippen molar-refractivity contribution in [3.05, 3.63) is 70.9 Å². The monoisotopic (exact) mass is 411 g/mol. The van der Waals surface area contributed by atoms with Crippen LogP contribution in [0.4, 0.5) is 10.5 Å². The number of aromatic nitrogens is 2. The van der Waals surface area contributed by atoms with Crippen LogP contribution in [0, 0.1) is 0 Å². The molecule has 0 saturated carbocycles. The fraction of sp³-hybridized carbons (Fsp3) is 0.364. The van der Waals surface area contributed by atoms with E-state index in [1.807, 2.05) is 44.2 Å². The van der Waals surface area contributed by atoms with Crippen LogP contribution < -0.4 is 10.5 Å². The first kappa shape index (κ1) is 21.3. The molecule has 2 atom stereocenters. The highest BCUT2D eigenvalue weighted by atomic mass is 16.6. The van der Waals surface area contributed by atoms with Crippen molar-refractivity contribution in [2.75, 3.05) is 11.4 Å². The van der Waals surface area contributed by atoms with E-state index in [-0.39, 0.29) is 25.3 Å². The third-order valence-electron chi connectivity index (χ3n) is 5.56. The van der Waals surface area contributed by atoms with Gasteiger partial charge >= 0.3 is 12.1 Å². The summed E-state index contributed by atoms with van der Waals surface area (Å²) in [5.74, 6) is -0.682. The molecule has 0 aliphatic carbocycles. The third kappa shape index (κ3) is 3.85. The number of carboxylic acids is 1. The second kappa shape index (κ2) is 8.52.